The summed E-state index contributed by atoms with van der Waals surface area (Å²) >= 11 is 6.53. The Morgan fingerprint density at radius 2 is 1.05 bits per heavy atom. The van der Waals surface area contributed by atoms with Gasteiger partial charge >= 0.3 is 0 Å². The van der Waals surface area contributed by atoms with Crippen LogP contribution in [0.2, 0.25) is 0 Å². The van der Waals surface area contributed by atoms with E-state index in [0.717, 1.165) is 0 Å². The van der Waals surface area contributed by atoms with Crippen LogP contribution in [0.4, 0.5) is 0 Å². The molecule has 0 bridgehead atoms. The molecule has 0 aromatic heterocycles. The molecule has 0 amide bonds. The van der Waals surface area contributed by atoms with Gasteiger partial charge < -0.3 is 0 Å². The molecule has 0 spiro atoms. The topological polar surface area (TPSA) is 62.2 Å². The SMILES string of the molecule is OON(C#CC#CC#CC#CC#CC#CC(I)(I)I)OO. The molecule has 0 aliphatic heterocycles. The maximum absolute atomic E-state index is 8.05. The average molecular weight is 617 g/mol. The van der Waals surface area contributed by atoms with Crippen molar-refractivity contribution < 1.29 is 20.5 Å². The molecule has 0 aliphatic carbocycles. The molecule has 0 saturated carbocycles. The van der Waals surface area contributed by atoms with Gasteiger partial charge in [-0.1, -0.05) is 9.98 Å². The fourth-order valence-electron chi connectivity index (χ4n) is 0.481. The number of hydroxylamine groups is 2. The maximum atomic E-state index is 8.05. The minimum absolute atomic E-state index is 0.0779. The van der Waals surface area contributed by atoms with Crippen LogP contribution >= 0.6 is 67.8 Å². The number of hydrogen-bond acceptors (Lipinski definition) is 5. The summed E-state index contributed by atoms with van der Waals surface area (Å²) in [6, 6.07) is 1.98. The Morgan fingerprint density at radius 3 is 1.43 bits per heavy atom. The van der Waals surface area contributed by atoms with Crippen molar-refractivity contribution >= 4 is 67.8 Å². The molecule has 104 valence electrons. The molecule has 0 unspecified atom stereocenters. The summed E-state index contributed by atoms with van der Waals surface area (Å²) in [5, 5.41) is 16.2. The normalized spacial score (nSPS) is 7.29. The maximum Gasteiger partial charge on any atom is 0.184 e. The lowest BCUT2D eigenvalue weighted by atomic mass is 10.5. The predicted molar refractivity (Wildman–Crippen MR) is 101 cm³/mol. The fraction of sp³-hybridized carbons (Fsp3) is 0.0769. The Labute approximate surface area is 162 Å². The Hall–Kier alpha value is -0.810. The van der Waals surface area contributed by atoms with Gasteiger partial charge in [-0.15, -0.1) is 0 Å². The highest BCUT2D eigenvalue weighted by molar-refractivity contribution is 14.3. The van der Waals surface area contributed by atoms with Crippen molar-refractivity contribution in [2.24, 2.45) is 0 Å². The van der Waals surface area contributed by atoms with Crippen LogP contribution in [0.15, 0.2) is 0 Å². The Morgan fingerprint density at radius 1 is 0.667 bits per heavy atom. The standard InChI is InChI=1S/C13H2I3NO4/c14-13(15,16)11-9-7-5-3-1-2-4-6-8-10-12-17(20-18)21-19/h18-19H. The summed E-state index contributed by atoms with van der Waals surface area (Å²) < 4.78 is -0.177. The molecule has 0 saturated heterocycles. The first-order chi connectivity index (χ1) is 9.99. The zero-order valence-electron chi connectivity index (χ0n) is 9.79. The van der Waals surface area contributed by atoms with Gasteiger partial charge in [0.05, 0.1) is 6.04 Å². The molecule has 0 aromatic carbocycles. The summed E-state index contributed by atoms with van der Waals surface area (Å²) in [4.78, 5) is 6.89. The van der Waals surface area contributed by atoms with E-state index in [1.54, 1.807) is 0 Å². The third kappa shape index (κ3) is 15.4. The summed E-state index contributed by atoms with van der Waals surface area (Å²) in [5.74, 6) is 27.2. The van der Waals surface area contributed by atoms with E-state index < -0.39 is 0 Å². The van der Waals surface area contributed by atoms with Crippen LogP contribution in [0.3, 0.4) is 0 Å². The molecule has 0 aromatic rings. The van der Waals surface area contributed by atoms with Crippen molar-refractivity contribution in [1.29, 1.82) is 0 Å². The first kappa shape index (κ1) is 20.2. The van der Waals surface area contributed by atoms with E-state index in [1.807, 2.05) is 6.04 Å². The molecule has 0 rings (SSSR count). The molecule has 0 heterocycles. The minimum Gasteiger partial charge on any atom is -0.225 e. The molecule has 5 nitrogen and oxygen atoms in total. The molecule has 8 heteroatoms. The van der Waals surface area contributed by atoms with E-state index in [4.69, 9.17) is 10.5 Å². The van der Waals surface area contributed by atoms with Gasteiger partial charge in [-0.2, -0.15) is 0 Å². The monoisotopic (exact) mass is 617 g/mol. The van der Waals surface area contributed by atoms with Crippen LogP contribution in [-0.2, 0) is 9.98 Å². The number of halogens is 3. The van der Waals surface area contributed by atoms with Crippen LogP contribution in [0.1, 0.15) is 0 Å². The van der Waals surface area contributed by atoms with Crippen LogP contribution < -0.4 is 0 Å². The lowest BCUT2D eigenvalue weighted by Crippen LogP contribution is -2.14. The third-order valence-corrected chi connectivity index (χ3v) is 1.87. The largest absolute Gasteiger partial charge is 0.225 e. The second kappa shape index (κ2) is 12.9. The lowest BCUT2D eigenvalue weighted by molar-refractivity contribution is -0.559. The van der Waals surface area contributed by atoms with E-state index >= 15 is 0 Å². The van der Waals surface area contributed by atoms with Crippen molar-refractivity contribution in [2.45, 2.75) is -0.565 Å². The summed E-state index contributed by atoms with van der Waals surface area (Å²) in [5.41, 5.74) is 0. The number of rotatable bonds is 2. The molecule has 21 heavy (non-hydrogen) atoms. The van der Waals surface area contributed by atoms with Crippen molar-refractivity contribution in [3.8, 4) is 71.2 Å². The van der Waals surface area contributed by atoms with E-state index in [1.165, 1.54) is 0 Å². The van der Waals surface area contributed by atoms with Gasteiger partial charge in [-0.3, -0.25) is 0 Å². The lowest BCUT2D eigenvalue weighted by Gasteiger charge is -2.01. The zero-order valence-corrected chi connectivity index (χ0v) is 16.3. The van der Waals surface area contributed by atoms with Gasteiger partial charge in [0.1, 0.15) is 0 Å². The first-order valence-electron chi connectivity index (χ1n) is 4.52. The van der Waals surface area contributed by atoms with Crippen LogP contribution in [0.25, 0.3) is 0 Å². The van der Waals surface area contributed by atoms with Crippen molar-refractivity contribution in [3.63, 3.8) is 0 Å². The van der Waals surface area contributed by atoms with Crippen molar-refractivity contribution in [2.75, 3.05) is 0 Å². The molecule has 0 radical (unpaired) electrons. The fourth-order valence-corrected chi connectivity index (χ4v) is 0.886. The molecular formula is C13H2I3NO4. The van der Waals surface area contributed by atoms with Gasteiger partial charge in [-0.05, 0) is 109 Å². The summed E-state index contributed by atoms with van der Waals surface area (Å²) in [6.07, 6.45) is 0. The van der Waals surface area contributed by atoms with E-state index in [2.05, 4.69) is 143 Å². The highest BCUT2D eigenvalue weighted by atomic mass is 127. The smallest absolute Gasteiger partial charge is 0.184 e. The second-order valence-electron chi connectivity index (χ2n) is 2.40. The summed E-state index contributed by atoms with van der Waals surface area (Å²) in [7, 11) is 0. The molecular weight excluding hydrogens is 615 g/mol. The average Bonchev–Trinajstić information content (AvgIpc) is 2.43. The molecule has 2 N–H and O–H groups in total. The quantitative estimate of drug-likeness (QED) is 0.124. The van der Waals surface area contributed by atoms with Gasteiger partial charge in [0.2, 0.25) is 0 Å². The zero-order chi connectivity index (χ0) is 16.0. The van der Waals surface area contributed by atoms with E-state index in [0.29, 0.717) is 0 Å². The van der Waals surface area contributed by atoms with Crippen molar-refractivity contribution in [1.82, 2.24) is 5.23 Å². The minimum atomic E-state index is -0.177. The van der Waals surface area contributed by atoms with Gasteiger partial charge in [0, 0.05) is 29.6 Å². The molecule has 0 atom stereocenters. The van der Waals surface area contributed by atoms with Crippen LogP contribution in [0, 0.1) is 71.2 Å². The van der Waals surface area contributed by atoms with Gasteiger partial charge in [-0.25, -0.2) is 10.5 Å². The van der Waals surface area contributed by atoms with Gasteiger partial charge in [0.25, 0.3) is 0 Å². The van der Waals surface area contributed by atoms with Crippen molar-refractivity contribution in [3.05, 3.63) is 0 Å². The predicted octanol–water partition coefficient (Wildman–Crippen LogP) is 2.03. The number of nitrogens with zero attached hydrogens (tertiary/aromatic N) is 1. The highest BCUT2D eigenvalue weighted by Gasteiger charge is 2.10. The Kier molecular flexibility index (Phi) is 12.4. The second-order valence-corrected chi connectivity index (χ2v) is 13.5. The summed E-state index contributed by atoms with van der Waals surface area (Å²) in [6.45, 7) is 0. The van der Waals surface area contributed by atoms with E-state index in [-0.39, 0.29) is 4.66 Å². The number of hydrogen-bond donors (Lipinski definition) is 2. The molecule has 0 aliphatic rings. The van der Waals surface area contributed by atoms with Crippen LogP contribution in [0.5, 0.6) is 0 Å². The Bertz CT molecular complexity index is 715. The van der Waals surface area contributed by atoms with Crippen LogP contribution in [-0.4, -0.2) is 15.2 Å². The van der Waals surface area contributed by atoms with E-state index in [9.17, 15) is 0 Å². The molecule has 0 fully saturated rings. The number of alkyl halides is 3. The first-order valence-corrected chi connectivity index (χ1v) is 7.76. The third-order valence-electron chi connectivity index (χ3n) is 1.06. The Balaban J connectivity index is 4.38. The van der Waals surface area contributed by atoms with Gasteiger partial charge in [0.15, 0.2) is -0.565 Å². The highest BCUT2D eigenvalue weighted by Crippen LogP contribution is 2.34.